The van der Waals surface area contributed by atoms with Crippen LogP contribution in [0.2, 0.25) is 0 Å². The van der Waals surface area contributed by atoms with E-state index in [2.05, 4.69) is 155 Å². The maximum Gasteiger partial charge on any atom is 0.0482 e. The van der Waals surface area contributed by atoms with Crippen LogP contribution in [0.15, 0.2) is 146 Å². The third-order valence-electron chi connectivity index (χ3n) is 5.40. The lowest BCUT2D eigenvalue weighted by Crippen LogP contribution is -2.13. The fourth-order valence-corrected chi connectivity index (χ4v) is 3.97. The Balaban J connectivity index is 0.000000921. The van der Waals surface area contributed by atoms with Gasteiger partial charge in [-0.05, 0) is 66.7 Å². The van der Waals surface area contributed by atoms with Gasteiger partial charge in [-0.2, -0.15) is 0 Å². The average molecular weight is 533 g/mol. The first-order chi connectivity index (χ1) is 19.9. The molecule has 0 spiro atoms. The van der Waals surface area contributed by atoms with E-state index >= 15 is 0 Å². The second kappa shape index (κ2) is 20.6. The number of para-hydroxylation sites is 4. The Bertz CT molecular complexity index is 1080. The van der Waals surface area contributed by atoms with Crippen LogP contribution in [0.25, 0.3) is 0 Å². The van der Waals surface area contributed by atoms with E-state index in [1.807, 2.05) is 55.4 Å². The largest absolute Gasteiger partial charge is 0.310 e. The summed E-state index contributed by atoms with van der Waals surface area (Å²) in [5, 5.41) is 0. The average Bonchev–Trinajstić information content (AvgIpc) is 3.07. The van der Waals surface area contributed by atoms with Crippen LogP contribution in [0.3, 0.4) is 0 Å². The molecule has 0 fully saturated rings. The number of hydrogen-bond donors (Lipinski definition) is 0. The number of hydrogen-bond acceptors (Lipinski definition) is 2. The van der Waals surface area contributed by atoms with Gasteiger partial charge >= 0.3 is 0 Å². The summed E-state index contributed by atoms with van der Waals surface area (Å²) in [5.74, 6) is 0. The molecule has 0 aliphatic carbocycles. The molecule has 0 aliphatic heterocycles. The van der Waals surface area contributed by atoms with Gasteiger partial charge in [0.15, 0.2) is 0 Å². The van der Waals surface area contributed by atoms with E-state index in [0.717, 1.165) is 34.1 Å². The molecule has 2 nitrogen and oxygen atoms in total. The normalized spacial score (nSPS) is 9.00. The number of anilines is 6. The molecule has 0 unspecified atom stereocenters. The maximum absolute atomic E-state index is 2.29. The van der Waals surface area contributed by atoms with Gasteiger partial charge < -0.3 is 9.80 Å². The molecule has 0 heterocycles. The summed E-state index contributed by atoms with van der Waals surface area (Å²) in [6.45, 7) is 16.0. The predicted molar refractivity (Wildman–Crippen MR) is 181 cm³/mol. The van der Waals surface area contributed by atoms with Crippen molar-refractivity contribution in [2.24, 2.45) is 0 Å². The smallest absolute Gasteiger partial charge is 0.0482 e. The zero-order chi connectivity index (χ0) is 29.6. The monoisotopic (exact) mass is 532 g/mol. The van der Waals surface area contributed by atoms with Gasteiger partial charge in [0.05, 0.1) is 0 Å². The van der Waals surface area contributed by atoms with E-state index in [4.69, 9.17) is 0 Å². The second-order valence-electron chi connectivity index (χ2n) is 7.53. The van der Waals surface area contributed by atoms with Gasteiger partial charge in [0.25, 0.3) is 0 Å². The van der Waals surface area contributed by atoms with Crippen molar-refractivity contribution in [2.45, 2.75) is 55.4 Å². The van der Waals surface area contributed by atoms with Gasteiger partial charge in [0.1, 0.15) is 0 Å². The quantitative estimate of drug-likeness (QED) is 0.214. The molecule has 40 heavy (non-hydrogen) atoms. The predicted octanol–water partition coefficient (Wildman–Crippen LogP) is 12.7. The molecule has 5 aromatic rings. The van der Waals surface area contributed by atoms with Gasteiger partial charge in [-0.25, -0.2) is 0 Å². The minimum Gasteiger partial charge on any atom is -0.310 e. The van der Waals surface area contributed by atoms with Gasteiger partial charge in [-0.1, -0.05) is 134 Å². The van der Waals surface area contributed by atoms with Crippen molar-refractivity contribution < 1.29 is 0 Å². The number of rotatable bonds is 6. The highest BCUT2D eigenvalue weighted by atomic mass is 15.2. The first kappa shape index (κ1) is 33.7. The highest BCUT2D eigenvalue weighted by Crippen LogP contribution is 2.39. The molecule has 0 radical (unpaired) electrons. The van der Waals surface area contributed by atoms with Gasteiger partial charge in [-0.15, -0.1) is 0 Å². The Hall–Kier alpha value is -4.30. The summed E-state index contributed by atoms with van der Waals surface area (Å²) in [5.41, 5.74) is 6.72. The molecule has 210 valence electrons. The van der Waals surface area contributed by atoms with Crippen LogP contribution >= 0.6 is 0 Å². The highest BCUT2D eigenvalue weighted by Gasteiger charge is 2.16. The fourth-order valence-electron chi connectivity index (χ4n) is 3.97. The molecule has 5 rings (SSSR count). The minimum atomic E-state index is 1.11. The van der Waals surface area contributed by atoms with Crippen LogP contribution in [0.1, 0.15) is 55.4 Å². The van der Waals surface area contributed by atoms with Crippen molar-refractivity contribution in [1.82, 2.24) is 0 Å². The molecule has 0 bridgehead atoms. The van der Waals surface area contributed by atoms with E-state index in [1.165, 1.54) is 0 Å². The summed E-state index contributed by atoms with van der Waals surface area (Å²) in [6.07, 6.45) is 0. The Morgan fingerprint density at radius 1 is 0.250 bits per heavy atom. The Labute approximate surface area is 244 Å². The highest BCUT2D eigenvalue weighted by molar-refractivity contribution is 5.82. The zero-order valence-corrected chi connectivity index (χ0v) is 25.8. The van der Waals surface area contributed by atoms with Crippen molar-refractivity contribution in [3.05, 3.63) is 146 Å². The molecule has 5 aromatic carbocycles. The minimum absolute atomic E-state index is 1.11. The Morgan fingerprint density at radius 2 is 0.450 bits per heavy atom. The third kappa shape index (κ3) is 9.47. The third-order valence-corrected chi connectivity index (χ3v) is 5.40. The lowest BCUT2D eigenvalue weighted by atomic mass is 10.1. The molecule has 0 aliphatic rings. The summed E-state index contributed by atoms with van der Waals surface area (Å²) in [6, 6.07) is 50.7. The summed E-state index contributed by atoms with van der Waals surface area (Å²) >= 11 is 0. The summed E-state index contributed by atoms with van der Waals surface area (Å²) in [7, 11) is 0. The van der Waals surface area contributed by atoms with Crippen LogP contribution < -0.4 is 9.80 Å². The van der Waals surface area contributed by atoms with Crippen LogP contribution in [-0.2, 0) is 0 Å². The number of nitrogens with zero attached hydrogens (tertiary/aromatic N) is 2. The molecule has 0 aromatic heterocycles. The molecule has 0 saturated carbocycles. The van der Waals surface area contributed by atoms with Crippen molar-refractivity contribution in [1.29, 1.82) is 0 Å². The standard InChI is InChI=1S/C30H24N2.4C2H6/c1-5-14-25(15-6-1)31(26-16-7-2-8-17-26)29-22-13-23-30(24-29)32(27-18-9-3-10-19-27)28-20-11-4-12-21-28;4*1-2/h1-24H;4*1-2H3. The van der Waals surface area contributed by atoms with E-state index < -0.39 is 0 Å². The van der Waals surface area contributed by atoms with Crippen molar-refractivity contribution in [3.8, 4) is 0 Å². The van der Waals surface area contributed by atoms with Crippen LogP contribution in [0, 0.1) is 0 Å². The second-order valence-corrected chi connectivity index (χ2v) is 7.53. The van der Waals surface area contributed by atoms with E-state index in [9.17, 15) is 0 Å². The van der Waals surface area contributed by atoms with Gasteiger partial charge in [0.2, 0.25) is 0 Å². The lowest BCUT2D eigenvalue weighted by molar-refractivity contribution is 1.25. The molecule has 0 atom stereocenters. The molecule has 2 heteroatoms. The molecule has 0 saturated heterocycles. The lowest BCUT2D eigenvalue weighted by Gasteiger charge is -2.29. The topological polar surface area (TPSA) is 6.48 Å². The summed E-state index contributed by atoms with van der Waals surface area (Å²) < 4.78 is 0. The Morgan fingerprint density at radius 3 is 0.675 bits per heavy atom. The first-order valence-corrected chi connectivity index (χ1v) is 14.8. The van der Waals surface area contributed by atoms with E-state index in [1.54, 1.807) is 0 Å². The zero-order valence-electron chi connectivity index (χ0n) is 25.8. The van der Waals surface area contributed by atoms with Crippen molar-refractivity contribution in [3.63, 3.8) is 0 Å². The summed E-state index contributed by atoms with van der Waals surface area (Å²) in [4.78, 5) is 4.58. The SMILES string of the molecule is CC.CC.CC.CC.c1ccc(N(c2ccccc2)c2cccc(N(c3ccccc3)c3ccccc3)c2)cc1. The first-order valence-electron chi connectivity index (χ1n) is 14.8. The van der Waals surface area contributed by atoms with Crippen LogP contribution in [0.5, 0.6) is 0 Å². The van der Waals surface area contributed by atoms with E-state index in [-0.39, 0.29) is 0 Å². The number of benzene rings is 5. The molecular formula is C38H48N2. The van der Waals surface area contributed by atoms with Crippen molar-refractivity contribution >= 4 is 34.1 Å². The molecule has 0 amide bonds. The molecule has 0 N–H and O–H groups in total. The molecular weight excluding hydrogens is 484 g/mol. The van der Waals surface area contributed by atoms with Crippen molar-refractivity contribution in [2.75, 3.05) is 9.80 Å². The van der Waals surface area contributed by atoms with Gasteiger partial charge in [0, 0.05) is 34.1 Å². The fraction of sp³-hybridized carbons (Fsp3) is 0.211. The maximum atomic E-state index is 2.29. The van der Waals surface area contributed by atoms with Crippen LogP contribution in [0.4, 0.5) is 34.1 Å². The van der Waals surface area contributed by atoms with Crippen LogP contribution in [-0.4, -0.2) is 0 Å². The Kier molecular flexibility index (Phi) is 17.4. The van der Waals surface area contributed by atoms with E-state index in [0.29, 0.717) is 0 Å². The van der Waals surface area contributed by atoms with Gasteiger partial charge in [-0.3, -0.25) is 0 Å².